The third-order valence-electron chi connectivity index (χ3n) is 6.10. The lowest BCUT2D eigenvalue weighted by Gasteiger charge is -2.38. The van der Waals surface area contributed by atoms with Gasteiger partial charge in [-0.25, -0.2) is 4.68 Å². The van der Waals surface area contributed by atoms with E-state index in [1.165, 1.54) is 25.7 Å². The molecule has 1 saturated carbocycles. The Hall–Kier alpha value is -1.85. The lowest BCUT2D eigenvalue weighted by Crippen LogP contribution is -2.51. The van der Waals surface area contributed by atoms with Crippen LogP contribution in [0.1, 0.15) is 61.5 Å². The average molecular weight is 401 g/mol. The second-order valence-electron chi connectivity index (χ2n) is 8.25. The second kappa shape index (κ2) is 8.26. The standard InChI is InChI=1S/C22H29ClN4O/c1-16(2)21-20(15-24-27(21)19-9-7-17(23)8-10-19)22(28)26-13-11-25(12-14-26)18-5-3-4-6-18/h7-10,15-16,18H,3-6,11-14H2,1-2H3. The van der Waals surface area contributed by atoms with Crippen molar-refractivity contribution in [3.8, 4) is 5.69 Å². The highest BCUT2D eigenvalue weighted by molar-refractivity contribution is 6.30. The van der Waals surface area contributed by atoms with Crippen LogP contribution in [0.25, 0.3) is 5.69 Å². The van der Waals surface area contributed by atoms with Crippen molar-refractivity contribution in [1.29, 1.82) is 0 Å². The maximum absolute atomic E-state index is 13.3. The summed E-state index contributed by atoms with van der Waals surface area (Å²) in [5, 5.41) is 5.24. The van der Waals surface area contributed by atoms with Crippen molar-refractivity contribution in [1.82, 2.24) is 19.6 Å². The average Bonchev–Trinajstić information content (AvgIpc) is 3.38. The molecule has 1 aliphatic carbocycles. The molecule has 28 heavy (non-hydrogen) atoms. The monoisotopic (exact) mass is 400 g/mol. The van der Waals surface area contributed by atoms with Gasteiger partial charge in [0.1, 0.15) is 0 Å². The van der Waals surface area contributed by atoms with E-state index in [4.69, 9.17) is 11.6 Å². The second-order valence-corrected chi connectivity index (χ2v) is 8.69. The SMILES string of the molecule is CC(C)c1c(C(=O)N2CCN(C3CCCC3)CC2)cnn1-c1ccc(Cl)cc1. The van der Waals surface area contributed by atoms with Crippen molar-refractivity contribution in [2.75, 3.05) is 26.2 Å². The van der Waals surface area contributed by atoms with E-state index in [0.717, 1.165) is 49.2 Å². The summed E-state index contributed by atoms with van der Waals surface area (Å²) in [4.78, 5) is 17.9. The van der Waals surface area contributed by atoms with Gasteiger partial charge < -0.3 is 4.90 Å². The van der Waals surface area contributed by atoms with Gasteiger partial charge in [0.25, 0.3) is 5.91 Å². The fraction of sp³-hybridized carbons (Fsp3) is 0.545. The number of benzene rings is 1. The molecule has 1 amide bonds. The summed E-state index contributed by atoms with van der Waals surface area (Å²) >= 11 is 6.02. The summed E-state index contributed by atoms with van der Waals surface area (Å²) in [6.45, 7) is 7.80. The van der Waals surface area contributed by atoms with Crippen molar-refractivity contribution >= 4 is 17.5 Å². The molecule has 0 spiro atoms. The van der Waals surface area contributed by atoms with E-state index in [9.17, 15) is 4.79 Å². The van der Waals surface area contributed by atoms with Gasteiger partial charge in [0.05, 0.1) is 23.1 Å². The molecule has 2 aliphatic rings. The number of aromatic nitrogens is 2. The fourth-order valence-electron chi connectivity index (χ4n) is 4.60. The molecule has 1 aliphatic heterocycles. The lowest BCUT2D eigenvalue weighted by atomic mass is 10.0. The van der Waals surface area contributed by atoms with Crippen molar-refractivity contribution in [2.45, 2.75) is 51.5 Å². The largest absolute Gasteiger partial charge is 0.336 e. The summed E-state index contributed by atoms with van der Waals surface area (Å²) in [6.07, 6.45) is 7.07. The van der Waals surface area contributed by atoms with E-state index < -0.39 is 0 Å². The molecule has 150 valence electrons. The van der Waals surface area contributed by atoms with Crippen molar-refractivity contribution in [3.63, 3.8) is 0 Å². The first-order valence-electron chi connectivity index (χ1n) is 10.4. The first-order chi connectivity index (χ1) is 13.5. The Bertz CT molecular complexity index is 816. The molecule has 1 aromatic carbocycles. The van der Waals surface area contributed by atoms with Gasteiger partial charge in [-0.2, -0.15) is 5.10 Å². The van der Waals surface area contributed by atoms with Crippen LogP contribution in [0.3, 0.4) is 0 Å². The van der Waals surface area contributed by atoms with Crippen LogP contribution in [0.4, 0.5) is 0 Å². The number of piperazine rings is 1. The van der Waals surface area contributed by atoms with Crippen LogP contribution in [0.15, 0.2) is 30.5 Å². The quantitative estimate of drug-likeness (QED) is 0.766. The third-order valence-corrected chi connectivity index (χ3v) is 6.35. The summed E-state index contributed by atoms with van der Waals surface area (Å²) in [5.41, 5.74) is 2.61. The molecule has 0 N–H and O–H groups in total. The zero-order valence-corrected chi connectivity index (χ0v) is 17.5. The molecule has 5 nitrogen and oxygen atoms in total. The normalized spacial score (nSPS) is 18.9. The molecule has 0 radical (unpaired) electrons. The summed E-state index contributed by atoms with van der Waals surface area (Å²) in [5.74, 6) is 0.298. The molecular formula is C22H29ClN4O. The minimum atomic E-state index is 0.106. The number of carbonyl (C=O) groups excluding carboxylic acids is 1. The zero-order chi connectivity index (χ0) is 19.7. The number of amides is 1. The fourth-order valence-corrected chi connectivity index (χ4v) is 4.72. The Balaban J connectivity index is 1.52. The number of halogens is 1. The molecule has 0 unspecified atom stereocenters. The Morgan fingerprint density at radius 2 is 1.71 bits per heavy atom. The van der Waals surface area contributed by atoms with E-state index in [2.05, 4.69) is 23.8 Å². The van der Waals surface area contributed by atoms with Crippen LogP contribution in [-0.4, -0.2) is 57.7 Å². The summed E-state index contributed by atoms with van der Waals surface area (Å²) in [7, 11) is 0. The van der Waals surface area contributed by atoms with E-state index >= 15 is 0 Å². The number of hydrogen-bond acceptors (Lipinski definition) is 3. The molecule has 2 heterocycles. The molecule has 2 aromatic rings. The van der Waals surface area contributed by atoms with Gasteiger partial charge in [0.15, 0.2) is 0 Å². The predicted octanol–water partition coefficient (Wildman–Crippen LogP) is 4.35. The van der Waals surface area contributed by atoms with Gasteiger partial charge in [0, 0.05) is 37.2 Å². The highest BCUT2D eigenvalue weighted by atomic mass is 35.5. The molecule has 1 aromatic heterocycles. The number of rotatable bonds is 4. The molecule has 2 fully saturated rings. The van der Waals surface area contributed by atoms with Crippen LogP contribution < -0.4 is 0 Å². The minimum absolute atomic E-state index is 0.106. The van der Waals surface area contributed by atoms with Crippen molar-refractivity contribution in [2.24, 2.45) is 0 Å². The van der Waals surface area contributed by atoms with Gasteiger partial charge in [-0.3, -0.25) is 9.69 Å². The van der Waals surface area contributed by atoms with Crippen LogP contribution >= 0.6 is 11.6 Å². The Morgan fingerprint density at radius 1 is 1.07 bits per heavy atom. The summed E-state index contributed by atoms with van der Waals surface area (Å²) in [6, 6.07) is 8.32. The number of hydrogen-bond donors (Lipinski definition) is 0. The third kappa shape index (κ3) is 3.83. The topological polar surface area (TPSA) is 41.4 Å². The van der Waals surface area contributed by atoms with Crippen LogP contribution in [-0.2, 0) is 0 Å². The molecule has 0 bridgehead atoms. The van der Waals surface area contributed by atoms with Gasteiger partial charge in [-0.1, -0.05) is 38.3 Å². The van der Waals surface area contributed by atoms with E-state index in [1.807, 2.05) is 33.8 Å². The van der Waals surface area contributed by atoms with E-state index in [-0.39, 0.29) is 11.8 Å². The molecule has 0 atom stereocenters. The predicted molar refractivity (Wildman–Crippen MR) is 112 cm³/mol. The van der Waals surface area contributed by atoms with Gasteiger partial charge in [-0.05, 0) is 43.0 Å². The van der Waals surface area contributed by atoms with Crippen molar-refractivity contribution in [3.05, 3.63) is 46.7 Å². The first-order valence-corrected chi connectivity index (χ1v) is 10.8. The number of carbonyl (C=O) groups is 1. The van der Waals surface area contributed by atoms with Crippen LogP contribution in [0, 0.1) is 0 Å². The highest BCUT2D eigenvalue weighted by Crippen LogP contribution is 2.27. The van der Waals surface area contributed by atoms with Gasteiger partial charge in [0.2, 0.25) is 0 Å². The smallest absolute Gasteiger partial charge is 0.257 e. The molecular weight excluding hydrogens is 372 g/mol. The zero-order valence-electron chi connectivity index (χ0n) is 16.8. The van der Waals surface area contributed by atoms with Crippen LogP contribution in [0.2, 0.25) is 5.02 Å². The van der Waals surface area contributed by atoms with E-state index in [0.29, 0.717) is 5.02 Å². The van der Waals surface area contributed by atoms with E-state index in [1.54, 1.807) is 6.20 Å². The van der Waals surface area contributed by atoms with Crippen LogP contribution in [0.5, 0.6) is 0 Å². The molecule has 6 heteroatoms. The molecule has 4 rings (SSSR count). The van der Waals surface area contributed by atoms with Crippen molar-refractivity contribution < 1.29 is 4.79 Å². The lowest BCUT2D eigenvalue weighted by molar-refractivity contribution is 0.0572. The number of nitrogens with zero attached hydrogens (tertiary/aromatic N) is 4. The first kappa shape index (κ1) is 19.5. The maximum Gasteiger partial charge on any atom is 0.257 e. The Kier molecular flexibility index (Phi) is 5.74. The van der Waals surface area contributed by atoms with Gasteiger partial charge >= 0.3 is 0 Å². The molecule has 1 saturated heterocycles. The maximum atomic E-state index is 13.3. The van der Waals surface area contributed by atoms with Gasteiger partial charge in [-0.15, -0.1) is 0 Å². The minimum Gasteiger partial charge on any atom is -0.336 e. The summed E-state index contributed by atoms with van der Waals surface area (Å²) < 4.78 is 1.88. The Labute approximate surface area is 172 Å². The highest BCUT2D eigenvalue weighted by Gasteiger charge is 2.30. The Morgan fingerprint density at radius 3 is 2.32 bits per heavy atom.